The topological polar surface area (TPSA) is 0 Å². The molecule has 0 nitrogen and oxygen atoms in total. The average Bonchev–Trinajstić information content (AvgIpc) is 2.57. The molecule has 0 N–H and O–H groups in total. The Hall–Kier alpha value is 0. The highest BCUT2D eigenvalue weighted by molar-refractivity contribution is 4.84. The molecule has 22 heavy (non-hydrogen) atoms. The van der Waals surface area contributed by atoms with Crippen LogP contribution in [0.1, 0.15) is 111 Å². The van der Waals surface area contributed by atoms with Crippen LogP contribution in [0.3, 0.4) is 0 Å². The van der Waals surface area contributed by atoms with Crippen LogP contribution < -0.4 is 0 Å². The summed E-state index contributed by atoms with van der Waals surface area (Å²) in [6.07, 6.45) is 21.5. The summed E-state index contributed by atoms with van der Waals surface area (Å²) in [5.74, 6) is 5.51. The lowest BCUT2D eigenvalue weighted by molar-refractivity contribution is 0.115. The van der Waals surface area contributed by atoms with Crippen LogP contribution in [0.5, 0.6) is 0 Å². The highest BCUT2D eigenvalue weighted by atomic mass is 14.4. The maximum absolute atomic E-state index is 2.45. The first kappa shape index (κ1) is 18.3. The van der Waals surface area contributed by atoms with Crippen molar-refractivity contribution in [1.82, 2.24) is 0 Å². The van der Waals surface area contributed by atoms with Crippen LogP contribution in [-0.4, -0.2) is 0 Å². The van der Waals surface area contributed by atoms with Crippen LogP contribution in [0, 0.1) is 29.6 Å². The maximum atomic E-state index is 2.45. The molecule has 0 spiro atoms. The summed E-state index contributed by atoms with van der Waals surface area (Å²) in [5.41, 5.74) is 0. The van der Waals surface area contributed by atoms with E-state index in [1.165, 1.54) is 38.5 Å². The van der Waals surface area contributed by atoms with Crippen molar-refractivity contribution < 1.29 is 0 Å². The van der Waals surface area contributed by atoms with E-state index in [2.05, 4.69) is 20.8 Å². The molecule has 3 fully saturated rings. The SMILES string of the molecule is CC1CCC(C2CCC(C3CCCCC3)CC2)CC1.CCC. The first-order chi connectivity index (χ1) is 10.7. The standard InChI is InChI=1S/C19H34.C3H8/c1-15-7-9-17(10-8-15)19-13-11-18(12-14-19)16-5-3-2-4-6-16;1-3-2/h15-19H,2-14H2,1H3;3H2,1-2H3. The Kier molecular flexibility index (Phi) is 8.33. The molecule has 0 aromatic rings. The second kappa shape index (κ2) is 9.99. The molecule has 0 bridgehead atoms. The Morgan fingerprint density at radius 2 is 0.818 bits per heavy atom. The Labute approximate surface area is 140 Å². The van der Waals surface area contributed by atoms with E-state index >= 15 is 0 Å². The van der Waals surface area contributed by atoms with Gasteiger partial charge in [0.05, 0.1) is 0 Å². The van der Waals surface area contributed by atoms with E-state index in [1.807, 2.05) is 0 Å². The summed E-state index contributed by atoms with van der Waals surface area (Å²) in [5, 5.41) is 0. The molecule has 0 aliphatic heterocycles. The molecule has 0 heterocycles. The minimum Gasteiger partial charge on any atom is -0.0656 e. The molecule has 0 amide bonds. The molecule has 0 atom stereocenters. The third-order valence-corrected chi connectivity index (χ3v) is 6.86. The molecule has 3 saturated carbocycles. The molecule has 3 rings (SSSR count). The largest absolute Gasteiger partial charge is 0.0656 e. The van der Waals surface area contributed by atoms with Gasteiger partial charge >= 0.3 is 0 Å². The molecule has 0 unspecified atom stereocenters. The van der Waals surface area contributed by atoms with Gasteiger partial charge < -0.3 is 0 Å². The van der Waals surface area contributed by atoms with Gasteiger partial charge in [-0.25, -0.2) is 0 Å². The van der Waals surface area contributed by atoms with Gasteiger partial charge in [-0.2, -0.15) is 0 Å². The van der Waals surface area contributed by atoms with Gasteiger partial charge in [0.1, 0.15) is 0 Å². The molecular formula is C22H42. The molecule has 0 heteroatoms. The van der Waals surface area contributed by atoms with Crippen LogP contribution in [0.4, 0.5) is 0 Å². The minimum atomic E-state index is 1.02. The zero-order valence-corrected chi connectivity index (χ0v) is 15.8. The highest BCUT2D eigenvalue weighted by Gasteiger charge is 2.32. The van der Waals surface area contributed by atoms with Crippen molar-refractivity contribution in [3.05, 3.63) is 0 Å². The van der Waals surface area contributed by atoms with Gasteiger partial charge in [0.2, 0.25) is 0 Å². The smallest absolute Gasteiger partial charge is 0.0386 e. The lowest BCUT2D eigenvalue weighted by Crippen LogP contribution is -2.28. The van der Waals surface area contributed by atoms with Gasteiger partial charge in [-0.1, -0.05) is 72.1 Å². The molecule has 3 aliphatic rings. The molecule has 3 aliphatic carbocycles. The van der Waals surface area contributed by atoms with E-state index in [1.54, 1.807) is 51.4 Å². The van der Waals surface area contributed by atoms with E-state index in [0.717, 1.165) is 29.6 Å². The van der Waals surface area contributed by atoms with Gasteiger partial charge in [-0.3, -0.25) is 0 Å². The van der Waals surface area contributed by atoms with Crippen LogP contribution in [0.2, 0.25) is 0 Å². The highest BCUT2D eigenvalue weighted by Crippen LogP contribution is 2.45. The zero-order valence-electron chi connectivity index (χ0n) is 15.8. The van der Waals surface area contributed by atoms with Crippen molar-refractivity contribution >= 4 is 0 Å². The molecule has 0 radical (unpaired) electrons. The Bertz CT molecular complexity index is 260. The van der Waals surface area contributed by atoms with Gasteiger partial charge in [-0.05, 0) is 68.1 Å². The quantitative estimate of drug-likeness (QED) is 0.492. The second-order valence-corrected chi connectivity index (χ2v) is 8.80. The van der Waals surface area contributed by atoms with Crippen molar-refractivity contribution in [1.29, 1.82) is 0 Å². The second-order valence-electron chi connectivity index (χ2n) is 8.80. The monoisotopic (exact) mass is 306 g/mol. The summed E-state index contributed by atoms with van der Waals surface area (Å²) in [7, 11) is 0. The summed E-state index contributed by atoms with van der Waals surface area (Å²) in [6, 6.07) is 0. The third kappa shape index (κ3) is 5.57. The maximum Gasteiger partial charge on any atom is -0.0386 e. The first-order valence-electron chi connectivity index (χ1n) is 10.7. The zero-order chi connectivity index (χ0) is 15.8. The van der Waals surface area contributed by atoms with Crippen molar-refractivity contribution in [2.75, 3.05) is 0 Å². The molecule has 130 valence electrons. The lowest BCUT2D eigenvalue weighted by Gasteiger charge is -2.40. The molecule has 0 saturated heterocycles. The van der Waals surface area contributed by atoms with E-state index in [-0.39, 0.29) is 0 Å². The Morgan fingerprint density at radius 3 is 1.23 bits per heavy atom. The first-order valence-corrected chi connectivity index (χ1v) is 10.7. The van der Waals surface area contributed by atoms with Gasteiger partial charge in [-0.15, -0.1) is 0 Å². The van der Waals surface area contributed by atoms with Crippen molar-refractivity contribution in [2.24, 2.45) is 29.6 Å². The summed E-state index contributed by atoms with van der Waals surface area (Å²) in [6.45, 7) is 6.70. The predicted molar refractivity (Wildman–Crippen MR) is 99.1 cm³/mol. The van der Waals surface area contributed by atoms with Gasteiger partial charge in [0.25, 0.3) is 0 Å². The summed E-state index contributed by atoms with van der Waals surface area (Å²) in [4.78, 5) is 0. The summed E-state index contributed by atoms with van der Waals surface area (Å²) >= 11 is 0. The van der Waals surface area contributed by atoms with E-state index < -0.39 is 0 Å². The lowest BCUT2D eigenvalue weighted by atomic mass is 9.66. The average molecular weight is 307 g/mol. The van der Waals surface area contributed by atoms with Gasteiger partial charge in [0, 0.05) is 0 Å². The Balaban J connectivity index is 0.000000545. The Morgan fingerprint density at radius 1 is 0.500 bits per heavy atom. The van der Waals surface area contributed by atoms with Crippen molar-refractivity contribution in [3.8, 4) is 0 Å². The fourth-order valence-electron chi connectivity index (χ4n) is 5.45. The fraction of sp³-hybridized carbons (Fsp3) is 1.00. The molecule has 0 aromatic carbocycles. The van der Waals surface area contributed by atoms with Crippen LogP contribution >= 0.6 is 0 Å². The molecular weight excluding hydrogens is 264 g/mol. The molecule has 0 aromatic heterocycles. The fourth-order valence-corrected chi connectivity index (χ4v) is 5.45. The predicted octanol–water partition coefficient (Wildman–Crippen LogP) is 7.62. The van der Waals surface area contributed by atoms with E-state index in [9.17, 15) is 0 Å². The van der Waals surface area contributed by atoms with Crippen LogP contribution in [-0.2, 0) is 0 Å². The van der Waals surface area contributed by atoms with E-state index in [4.69, 9.17) is 0 Å². The number of hydrogen-bond acceptors (Lipinski definition) is 0. The number of hydrogen-bond donors (Lipinski definition) is 0. The summed E-state index contributed by atoms with van der Waals surface area (Å²) < 4.78 is 0. The normalized spacial score (nSPS) is 37.2. The van der Waals surface area contributed by atoms with Gasteiger partial charge in [0.15, 0.2) is 0 Å². The van der Waals surface area contributed by atoms with Crippen LogP contribution in [0.25, 0.3) is 0 Å². The number of rotatable bonds is 2. The van der Waals surface area contributed by atoms with Crippen molar-refractivity contribution in [3.63, 3.8) is 0 Å². The van der Waals surface area contributed by atoms with Crippen molar-refractivity contribution in [2.45, 2.75) is 111 Å². The van der Waals surface area contributed by atoms with E-state index in [0.29, 0.717) is 0 Å². The minimum absolute atomic E-state index is 1.02. The third-order valence-electron chi connectivity index (χ3n) is 6.86. The van der Waals surface area contributed by atoms with Crippen LogP contribution in [0.15, 0.2) is 0 Å².